The molecule has 2 aromatic carbocycles. The van der Waals surface area contributed by atoms with Crippen molar-refractivity contribution >= 4 is 45.3 Å². The Morgan fingerprint density at radius 2 is 1.65 bits per heavy atom. The first kappa shape index (κ1) is 20.3. The minimum Gasteiger partial charge on any atom is -0.490 e. The van der Waals surface area contributed by atoms with E-state index in [1.54, 1.807) is 6.07 Å². The molecule has 0 saturated carbocycles. The zero-order valence-corrected chi connectivity index (χ0v) is 17.3. The maximum Gasteiger partial charge on any atom is 0.311 e. The molecular formula is C19H21IO6. The number of carbonyl (C=O) groups is 2. The summed E-state index contributed by atoms with van der Waals surface area (Å²) < 4.78 is 22.8. The van der Waals surface area contributed by atoms with Crippen molar-refractivity contribution in [3.8, 4) is 23.0 Å². The summed E-state index contributed by atoms with van der Waals surface area (Å²) >= 11 is 2.21. The molecule has 7 heteroatoms. The van der Waals surface area contributed by atoms with Crippen LogP contribution in [0, 0.1) is 6.92 Å². The van der Waals surface area contributed by atoms with Gasteiger partial charge < -0.3 is 18.9 Å². The average molecular weight is 472 g/mol. The van der Waals surface area contributed by atoms with Crippen LogP contribution in [0.25, 0.3) is 10.8 Å². The SMILES string of the molecule is COc1c(OC)c(OC(=O)CCCI)c2c(C)cccc2c1OC(C)=O. The number of ether oxygens (including phenoxy) is 4. The number of carbonyl (C=O) groups excluding carboxylic acids is 2. The lowest BCUT2D eigenvalue weighted by Crippen LogP contribution is -2.11. The minimum absolute atomic E-state index is 0.206. The van der Waals surface area contributed by atoms with Crippen LogP contribution in [0.2, 0.25) is 0 Å². The highest BCUT2D eigenvalue weighted by atomic mass is 127. The van der Waals surface area contributed by atoms with Crippen LogP contribution in [0.15, 0.2) is 18.2 Å². The zero-order chi connectivity index (χ0) is 19.3. The summed E-state index contributed by atoms with van der Waals surface area (Å²) in [5.41, 5.74) is 0.855. The Labute approximate surface area is 165 Å². The third kappa shape index (κ3) is 4.20. The highest BCUT2D eigenvalue weighted by Gasteiger charge is 2.27. The maximum absolute atomic E-state index is 12.2. The van der Waals surface area contributed by atoms with Gasteiger partial charge in [0.15, 0.2) is 11.5 Å². The van der Waals surface area contributed by atoms with Crippen LogP contribution in [0.3, 0.4) is 0 Å². The van der Waals surface area contributed by atoms with Crippen LogP contribution in [-0.4, -0.2) is 30.6 Å². The lowest BCUT2D eigenvalue weighted by Gasteiger charge is -2.20. The first-order valence-corrected chi connectivity index (χ1v) is 9.59. The lowest BCUT2D eigenvalue weighted by molar-refractivity contribution is -0.134. The number of halogens is 1. The molecule has 0 aromatic heterocycles. The van der Waals surface area contributed by atoms with E-state index in [-0.39, 0.29) is 29.0 Å². The Morgan fingerprint density at radius 1 is 1.00 bits per heavy atom. The monoisotopic (exact) mass is 472 g/mol. The molecule has 0 radical (unpaired) electrons. The van der Waals surface area contributed by atoms with Crippen molar-refractivity contribution in [3.05, 3.63) is 23.8 Å². The third-order valence-electron chi connectivity index (χ3n) is 3.75. The number of benzene rings is 2. The van der Waals surface area contributed by atoms with Gasteiger partial charge in [-0.1, -0.05) is 40.8 Å². The highest BCUT2D eigenvalue weighted by Crippen LogP contribution is 2.52. The summed E-state index contributed by atoms with van der Waals surface area (Å²) in [7, 11) is 2.88. The Morgan fingerprint density at radius 3 is 2.23 bits per heavy atom. The van der Waals surface area contributed by atoms with Gasteiger partial charge in [0.1, 0.15) is 0 Å². The van der Waals surface area contributed by atoms with Crippen molar-refractivity contribution in [3.63, 3.8) is 0 Å². The Kier molecular flexibility index (Phi) is 7.07. The van der Waals surface area contributed by atoms with E-state index in [2.05, 4.69) is 22.6 Å². The van der Waals surface area contributed by atoms with Crippen LogP contribution in [-0.2, 0) is 9.59 Å². The molecule has 26 heavy (non-hydrogen) atoms. The summed E-state index contributed by atoms with van der Waals surface area (Å²) in [4.78, 5) is 23.8. The number of fused-ring (bicyclic) bond motifs is 1. The molecule has 2 rings (SSSR count). The molecule has 140 valence electrons. The van der Waals surface area contributed by atoms with Gasteiger partial charge in [-0.15, -0.1) is 0 Å². The van der Waals surface area contributed by atoms with Crippen molar-refractivity contribution < 1.29 is 28.5 Å². The van der Waals surface area contributed by atoms with E-state index in [0.29, 0.717) is 17.2 Å². The molecule has 0 spiro atoms. The highest BCUT2D eigenvalue weighted by molar-refractivity contribution is 14.1. The fraction of sp³-hybridized carbons (Fsp3) is 0.368. The maximum atomic E-state index is 12.2. The predicted octanol–water partition coefficient (Wildman–Crippen LogP) is 4.21. The van der Waals surface area contributed by atoms with Gasteiger partial charge in [-0.2, -0.15) is 0 Å². The quantitative estimate of drug-likeness (QED) is 0.260. The molecule has 6 nitrogen and oxygen atoms in total. The van der Waals surface area contributed by atoms with E-state index in [0.717, 1.165) is 16.4 Å². The smallest absolute Gasteiger partial charge is 0.311 e. The second-order valence-electron chi connectivity index (χ2n) is 5.58. The van der Waals surface area contributed by atoms with Gasteiger partial charge in [-0.3, -0.25) is 9.59 Å². The van der Waals surface area contributed by atoms with Gasteiger partial charge in [0.2, 0.25) is 11.5 Å². The minimum atomic E-state index is -0.486. The number of hydrogen-bond acceptors (Lipinski definition) is 6. The van der Waals surface area contributed by atoms with Crippen LogP contribution in [0.1, 0.15) is 25.3 Å². The second-order valence-corrected chi connectivity index (χ2v) is 6.66. The van der Waals surface area contributed by atoms with E-state index in [9.17, 15) is 9.59 Å². The van der Waals surface area contributed by atoms with Crippen LogP contribution >= 0.6 is 22.6 Å². The van der Waals surface area contributed by atoms with E-state index in [4.69, 9.17) is 18.9 Å². The van der Waals surface area contributed by atoms with Gasteiger partial charge in [0.05, 0.1) is 14.2 Å². The number of aryl methyl sites for hydroxylation is 1. The number of methoxy groups -OCH3 is 2. The van der Waals surface area contributed by atoms with Crippen molar-refractivity contribution in [1.29, 1.82) is 0 Å². The largest absolute Gasteiger partial charge is 0.490 e. The number of alkyl halides is 1. The summed E-state index contributed by atoms with van der Waals surface area (Å²) in [5, 5.41) is 1.25. The van der Waals surface area contributed by atoms with Gasteiger partial charge in [0.25, 0.3) is 0 Å². The fourth-order valence-electron chi connectivity index (χ4n) is 2.69. The van der Waals surface area contributed by atoms with Crippen LogP contribution < -0.4 is 18.9 Å². The molecule has 0 atom stereocenters. The molecule has 0 N–H and O–H groups in total. The summed E-state index contributed by atoms with van der Waals surface area (Å²) in [6.07, 6.45) is 1.02. The standard InChI is InChI=1S/C19H21IO6/c1-11-7-5-8-13-15(11)17(26-14(22)9-6-10-20)19(24-4)18(23-3)16(13)25-12(2)21/h5,7-8H,6,9-10H2,1-4H3. The lowest BCUT2D eigenvalue weighted by atomic mass is 10.0. The molecule has 0 aliphatic rings. The third-order valence-corrected chi connectivity index (χ3v) is 4.51. The van der Waals surface area contributed by atoms with E-state index >= 15 is 0 Å². The van der Waals surface area contributed by atoms with Crippen LogP contribution in [0.4, 0.5) is 0 Å². The van der Waals surface area contributed by atoms with Crippen molar-refractivity contribution in [2.45, 2.75) is 26.7 Å². The summed E-state index contributed by atoms with van der Waals surface area (Å²) in [6.45, 7) is 3.19. The molecule has 0 heterocycles. The zero-order valence-electron chi connectivity index (χ0n) is 15.2. The van der Waals surface area contributed by atoms with E-state index < -0.39 is 5.97 Å². The van der Waals surface area contributed by atoms with Crippen molar-refractivity contribution in [2.75, 3.05) is 18.6 Å². The molecule has 0 unspecified atom stereocenters. The second kappa shape index (κ2) is 9.07. The van der Waals surface area contributed by atoms with E-state index in [1.807, 2.05) is 19.1 Å². The normalized spacial score (nSPS) is 10.5. The molecule has 0 aliphatic carbocycles. The molecule has 0 fully saturated rings. The van der Waals surface area contributed by atoms with Crippen LogP contribution in [0.5, 0.6) is 23.0 Å². The molecular weight excluding hydrogens is 451 g/mol. The van der Waals surface area contributed by atoms with Gasteiger partial charge in [0, 0.05) is 28.5 Å². The molecule has 0 amide bonds. The molecule has 0 bridgehead atoms. The van der Waals surface area contributed by atoms with Gasteiger partial charge >= 0.3 is 11.9 Å². The van der Waals surface area contributed by atoms with Crippen molar-refractivity contribution in [1.82, 2.24) is 0 Å². The topological polar surface area (TPSA) is 71.1 Å². The van der Waals surface area contributed by atoms with Gasteiger partial charge in [-0.25, -0.2) is 0 Å². The first-order valence-electron chi connectivity index (χ1n) is 8.06. The summed E-state index contributed by atoms with van der Waals surface area (Å²) in [5.74, 6) is 0.0899. The predicted molar refractivity (Wildman–Crippen MR) is 107 cm³/mol. The Bertz CT molecular complexity index is 831. The molecule has 0 saturated heterocycles. The molecule has 0 aliphatic heterocycles. The summed E-state index contributed by atoms with van der Waals surface area (Å²) in [6, 6.07) is 5.50. The average Bonchev–Trinajstić information content (AvgIpc) is 2.60. The Hall–Kier alpha value is -2.03. The first-order chi connectivity index (χ1) is 12.4. The molecule has 2 aromatic rings. The van der Waals surface area contributed by atoms with Gasteiger partial charge in [-0.05, 0) is 18.9 Å². The number of rotatable bonds is 7. The van der Waals surface area contributed by atoms with Crippen molar-refractivity contribution in [2.24, 2.45) is 0 Å². The fourth-order valence-corrected chi connectivity index (χ4v) is 3.07. The van der Waals surface area contributed by atoms with E-state index in [1.165, 1.54) is 21.1 Å². The number of hydrogen-bond donors (Lipinski definition) is 0. The Balaban J connectivity index is 2.77. The number of esters is 2.